The Hall–Kier alpha value is -0.0800. The second-order valence-electron chi connectivity index (χ2n) is 5.44. The molecule has 2 saturated carbocycles. The van der Waals surface area contributed by atoms with Gasteiger partial charge in [-0.05, 0) is 63.5 Å². The predicted molar refractivity (Wildman–Crippen MR) is 58.0 cm³/mol. The van der Waals surface area contributed by atoms with Gasteiger partial charge in [-0.3, -0.25) is 4.90 Å². The molecule has 2 N–H and O–H groups in total. The molecule has 2 nitrogen and oxygen atoms in total. The van der Waals surface area contributed by atoms with Crippen molar-refractivity contribution in [3.63, 3.8) is 0 Å². The molecule has 0 unspecified atom stereocenters. The molecule has 0 aromatic carbocycles. The molecule has 14 heavy (non-hydrogen) atoms. The van der Waals surface area contributed by atoms with E-state index in [-0.39, 0.29) is 0 Å². The first kappa shape index (κ1) is 9.17. The Bertz CT molecular complexity index is 208. The Morgan fingerprint density at radius 3 is 2.43 bits per heavy atom. The van der Waals surface area contributed by atoms with E-state index in [0.29, 0.717) is 0 Å². The third-order valence-corrected chi connectivity index (χ3v) is 4.28. The van der Waals surface area contributed by atoms with Gasteiger partial charge in [0, 0.05) is 12.1 Å². The van der Waals surface area contributed by atoms with Gasteiger partial charge in [0.2, 0.25) is 0 Å². The number of hydrogen-bond acceptors (Lipinski definition) is 2. The Kier molecular flexibility index (Phi) is 2.29. The van der Waals surface area contributed by atoms with Crippen LogP contribution in [0.5, 0.6) is 0 Å². The number of likely N-dealkylation sites (tertiary alicyclic amines) is 1. The van der Waals surface area contributed by atoms with Crippen LogP contribution in [0.4, 0.5) is 0 Å². The fraction of sp³-hybridized carbons (Fsp3) is 1.00. The van der Waals surface area contributed by atoms with Crippen LogP contribution in [0.25, 0.3) is 0 Å². The van der Waals surface area contributed by atoms with Crippen molar-refractivity contribution in [1.29, 1.82) is 0 Å². The third-order valence-electron chi connectivity index (χ3n) is 4.28. The molecule has 0 amide bonds. The first-order valence-corrected chi connectivity index (χ1v) is 6.36. The molecule has 0 aromatic rings. The molecule has 1 heterocycles. The van der Waals surface area contributed by atoms with Crippen LogP contribution in [0.2, 0.25) is 0 Å². The van der Waals surface area contributed by atoms with Crippen LogP contribution < -0.4 is 5.73 Å². The highest BCUT2D eigenvalue weighted by Gasteiger charge is 2.45. The van der Waals surface area contributed by atoms with Gasteiger partial charge in [-0.2, -0.15) is 0 Å². The van der Waals surface area contributed by atoms with Crippen LogP contribution >= 0.6 is 0 Å². The largest absolute Gasteiger partial charge is 0.330 e. The summed E-state index contributed by atoms with van der Waals surface area (Å²) in [5.41, 5.74) is 5.92. The molecule has 2 aliphatic carbocycles. The fourth-order valence-corrected chi connectivity index (χ4v) is 3.31. The van der Waals surface area contributed by atoms with E-state index in [2.05, 4.69) is 4.90 Å². The van der Waals surface area contributed by atoms with E-state index < -0.39 is 0 Å². The molecular formula is C12H22N2. The molecule has 3 fully saturated rings. The lowest BCUT2D eigenvalue weighted by atomic mass is 9.86. The predicted octanol–water partition coefficient (Wildman–Crippen LogP) is 1.60. The van der Waals surface area contributed by atoms with E-state index in [1.807, 2.05) is 0 Å². The van der Waals surface area contributed by atoms with Crippen LogP contribution in [-0.2, 0) is 0 Å². The van der Waals surface area contributed by atoms with Crippen molar-refractivity contribution in [2.24, 2.45) is 17.6 Å². The van der Waals surface area contributed by atoms with Gasteiger partial charge in [-0.1, -0.05) is 0 Å². The summed E-state index contributed by atoms with van der Waals surface area (Å²) in [6.07, 6.45) is 8.65. The highest BCUT2D eigenvalue weighted by atomic mass is 15.2. The van der Waals surface area contributed by atoms with Gasteiger partial charge in [-0.25, -0.2) is 0 Å². The lowest BCUT2D eigenvalue weighted by Gasteiger charge is -2.41. The number of nitrogens with two attached hydrogens (primary N) is 1. The van der Waals surface area contributed by atoms with Crippen molar-refractivity contribution in [3.8, 4) is 0 Å². The van der Waals surface area contributed by atoms with Crippen molar-refractivity contribution in [2.75, 3.05) is 13.1 Å². The number of piperidine rings is 1. The monoisotopic (exact) mass is 194 g/mol. The van der Waals surface area contributed by atoms with Gasteiger partial charge in [0.05, 0.1) is 0 Å². The lowest BCUT2D eigenvalue weighted by Crippen LogP contribution is -2.49. The maximum absolute atomic E-state index is 5.92. The van der Waals surface area contributed by atoms with Gasteiger partial charge in [-0.15, -0.1) is 0 Å². The molecular weight excluding hydrogens is 172 g/mol. The van der Waals surface area contributed by atoms with E-state index in [9.17, 15) is 0 Å². The summed E-state index contributed by atoms with van der Waals surface area (Å²) in [4.78, 5) is 2.82. The van der Waals surface area contributed by atoms with Crippen molar-refractivity contribution in [1.82, 2.24) is 4.90 Å². The molecule has 0 aromatic heterocycles. The summed E-state index contributed by atoms with van der Waals surface area (Å²) < 4.78 is 0. The number of hydrogen-bond donors (Lipinski definition) is 1. The molecule has 0 spiro atoms. The molecule has 2 heteroatoms. The summed E-state index contributed by atoms with van der Waals surface area (Å²) in [6.45, 7) is 2.28. The molecule has 80 valence electrons. The maximum atomic E-state index is 5.92. The van der Waals surface area contributed by atoms with Gasteiger partial charge in [0.15, 0.2) is 0 Å². The Labute approximate surface area is 86.8 Å². The van der Waals surface area contributed by atoms with Crippen LogP contribution in [0, 0.1) is 11.8 Å². The second kappa shape index (κ2) is 3.49. The van der Waals surface area contributed by atoms with E-state index >= 15 is 0 Å². The molecule has 0 radical (unpaired) electrons. The average Bonchev–Trinajstić information content (AvgIpc) is 3.04. The number of rotatable bonds is 3. The van der Waals surface area contributed by atoms with Gasteiger partial charge in [0.25, 0.3) is 0 Å². The minimum Gasteiger partial charge on any atom is -0.330 e. The smallest absolute Gasteiger partial charge is 0.0167 e. The van der Waals surface area contributed by atoms with Crippen LogP contribution in [0.3, 0.4) is 0 Å². The van der Waals surface area contributed by atoms with Crippen LogP contribution in [0.1, 0.15) is 38.5 Å². The SMILES string of the molecule is NC[C@H]1CCCN(C2CC2)[C@@H]1C1CC1. The summed E-state index contributed by atoms with van der Waals surface area (Å²) >= 11 is 0. The standard InChI is InChI=1S/C12H22N2/c13-8-10-2-1-7-14(11-5-6-11)12(10)9-3-4-9/h9-12H,1-8,13H2/t10-,12-/m1/s1. The third kappa shape index (κ3) is 1.59. The molecule has 1 aliphatic heterocycles. The molecule has 3 rings (SSSR count). The lowest BCUT2D eigenvalue weighted by molar-refractivity contribution is 0.0726. The maximum Gasteiger partial charge on any atom is 0.0167 e. The summed E-state index contributed by atoms with van der Waals surface area (Å²) in [6, 6.07) is 1.83. The minimum absolute atomic E-state index is 0.817. The van der Waals surface area contributed by atoms with Crippen molar-refractivity contribution in [2.45, 2.75) is 50.6 Å². The number of nitrogens with zero attached hydrogens (tertiary/aromatic N) is 1. The van der Waals surface area contributed by atoms with Gasteiger partial charge < -0.3 is 5.73 Å². The van der Waals surface area contributed by atoms with Crippen molar-refractivity contribution >= 4 is 0 Å². The van der Waals surface area contributed by atoms with E-state index in [1.165, 1.54) is 45.1 Å². The summed E-state index contributed by atoms with van der Waals surface area (Å²) in [5, 5.41) is 0. The first-order valence-electron chi connectivity index (χ1n) is 6.36. The highest BCUT2D eigenvalue weighted by Crippen LogP contribution is 2.45. The quantitative estimate of drug-likeness (QED) is 0.739. The van der Waals surface area contributed by atoms with E-state index in [1.54, 1.807) is 0 Å². The fourth-order valence-electron chi connectivity index (χ4n) is 3.31. The zero-order valence-corrected chi connectivity index (χ0v) is 8.99. The second-order valence-corrected chi connectivity index (χ2v) is 5.44. The van der Waals surface area contributed by atoms with Crippen molar-refractivity contribution < 1.29 is 0 Å². The zero-order chi connectivity index (χ0) is 9.54. The molecule has 0 bridgehead atoms. The Morgan fingerprint density at radius 2 is 1.86 bits per heavy atom. The molecule has 3 aliphatic rings. The van der Waals surface area contributed by atoms with E-state index in [4.69, 9.17) is 5.73 Å². The van der Waals surface area contributed by atoms with E-state index in [0.717, 1.165) is 30.5 Å². The summed E-state index contributed by atoms with van der Waals surface area (Å²) in [5.74, 6) is 1.83. The summed E-state index contributed by atoms with van der Waals surface area (Å²) in [7, 11) is 0. The highest BCUT2D eigenvalue weighted by molar-refractivity contribution is 5.00. The minimum atomic E-state index is 0.817. The zero-order valence-electron chi connectivity index (χ0n) is 8.99. The normalized spacial score (nSPS) is 40.1. The first-order chi connectivity index (χ1) is 6.90. The van der Waals surface area contributed by atoms with Gasteiger partial charge >= 0.3 is 0 Å². The van der Waals surface area contributed by atoms with Gasteiger partial charge in [0.1, 0.15) is 0 Å². The molecule has 1 saturated heterocycles. The Balaban J connectivity index is 1.73. The Morgan fingerprint density at radius 1 is 1.07 bits per heavy atom. The van der Waals surface area contributed by atoms with Crippen LogP contribution in [0.15, 0.2) is 0 Å². The van der Waals surface area contributed by atoms with Crippen molar-refractivity contribution in [3.05, 3.63) is 0 Å². The average molecular weight is 194 g/mol. The molecule has 2 atom stereocenters. The topological polar surface area (TPSA) is 29.3 Å². The van der Waals surface area contributed by atoms with Crippen LogP contribution in [-0.4, -0.2) is 30.1 Å².